The minimum atomic E-state index is -0.344. The lowest BCUT2D eigenvalue weighted by Crippen LogP contribution is -2.12. The first-order chi connectivity index (χ1) is 15.4. The molecule has 2 aromatic carbocycles. The maximum atomic E-state index is 12.8. The number of aromatic nitrogens is 2. The maximum absolute atomic E-state index is 12.8. The highest BCUT2D eigenvalue weighted by molar-refractivity contribution is 9.10. The van der Waals surface area contributed by atoms with Gasteiger partial charge in [-0.2, -0.15) is 5.10 Å². The van der Waals surface area contributed by atoms with Crippen molar-refractivity contribution < 1.29 is 13.9 Å². The molecule has 1 amide bonds. The molecule has 1 N–H and O–H groups in total. The quantitative estimate of drug-likeness (QED) is 0.310. The van der Waals surface area contributed by atoms with Crippen LogP contribution >= 0.6 is 27.5 Å². The monoisotopic (exact) mass is 513 g/mol. The third-order valence-corrected chi connectivity index (χ3v) is 5.73. The maximum Gasteiger partial charge on any atom is 0.291 e. The number of nitrogens with one attached hydrogen (secondary N) is 1. The highest BCUT2D eigenvalue weighted by atomic mass is 79.9. The number of carbonyl (C=O) groups is 1. The number of furan rings is 1. The van der Waals surface area contributed by atoms with Crippen LogP contribution in [0.1, 0.15) is 33.3 Å². The SMILES string of the molecule is Cc1nn(Cc2ccccc2)c(C)c1NC(=O)c1ccc(COc2ccc(Br)cc2Cl)o1. The Morgan fingerprint density at radius 1 is 1.16 bits per heavy atom. The molecular formula is C24H21BrClN3O3. The summed E-state index contributed by atoms with van der Waals surface area (Å²) >= 11 is 9.52. The van der Waals surface area contributed by atoms with E-state index in [-0.39, 0.29) is 18.3 Å². The van der Waals surface area contributed by atoms with Crippen LogP contribution in [0.25, 0.3) is 0 Å². The van der Waals surface area contributed by atoms with Gasteiger partial charge in [0.25, 0.3) is 5.91 Å². The minimum absolute atomic E-state index is 0.154. The summed E-state index contributed by atoms with van der Waals surface area (Å²) < 4.78 is 14.1. The predicted molar refractivity (Wildman–Crippen MR) is 127 cm³/mol. The Kier molecular flexibility index (Phi) is 6.67. The number of nitrogens with zero attached hydrogens (tertiary/aromatic N) is 2. The summed E-state index contributed by atoms with van der Waals surface area (Å²) in [5, 5.41) is 7.98. The summed E-state index contributed by atoms with van der Waals surface area (Å²) in [5.41, 5.74) is 3.44. The Labute approximate surface area is 199 Å². The molecule has 0 unspecified atom stereocenters. The van der Waals surface area contributed by atoms with E-state index in [2.05, 4.69) is 26.3 Å². The fourth-order valence-corrected chi connectivity index (χ4v) is 4.01. The summed E-state index contributed by atoms with van der Waals surface area (Å²) in [4.78, 5) is 12.8. The van der Waals surface area contributed by atoms with E-state index in [1.54, 1.807) is 24.3 Å². The number of rotatable bonds is 7. The van der Waals surface area contributed by atoms with Crippen LogP contribution in [-0.4, -0.2) is 15.7 Å². The number of halogens is 2. The van der Waals surface area contributed by atoms with Crippen molar-refractivity contribution in [1.82, 2.24) is 9.78 Å². The zero-order valence-electron chi connectivity index (χ0n) is 17.6. The van der Waals surface area contributed by atoms with Crippen molar-refractivity contribution in [2.75, 3.05) is 5.32 Å². The normalized spacial score (nSPS) is 10.9. The van der Waals surface area contributed by atoms with E-state index in [0.29, 0.717) is 28.8 Å². The van der Waals surface area contributed by atoms with Crippen molar-refractivity contribution in [3.05, 3.63) is 98.6 Å². The molecule has 0 aliphatic heterocycles. The van der Waals surface area contributed by atoms with Gasteiger partial charge in [-0.1, -0.05) is 57.9 Å². The van der Waals surface area contributed by atoms with Gasteiger partial charge < -0.3 is 14.5 Å². The Balaban J connectivity index is 1.42. The zero-order chi connectivity index (χ0) is 22.7. The van der Waals surface area contributed by atoms with E-state index in [1.807, 2.05) is 54.9 Å². The van der Waals surface area contributed by atoms with Gasteiger partial charge in [0.1, 0.15) is 18.1 Å². The Morgan fingerprint density at radius 2 is 1.94 bits per heavy atom. The molecule has 0 saturated carbocycles. The third kappa shape index (κ3) is 5.06. The molecule has 6 nitrogen and oxygen atoms in total. The molecular weight excluding hydrogens is 494 g/mol. The van der Waals surface area contributed by atoms with Crippen LogP contribution in [0.4, 0.5) is 5.69 Å². The lowest BCUT2D eigenvalue weighted by molar-refractivity contribution is 0.0992. The summed E-state index contributed by atoms with van der Waals surface area (Å²) in [6.07, 6.45) is 0. The predicted octanol–water partition coefficient (Wildman–Crippen LogP) is 6.39. The second-order valence-corrected chi connectivity index (χ2v) is 8.60. The van der Waals surface area contributed by atoms with E-state index >= 15 is 0 Å². The van der Waals surface area contributed by atoms with Crippen molar-refractivity contribution in [2.45, 2.75) is 27.0 Å². The molecule has 0 bridgehead atoms. The third-order valence-electron chi connectivity index (χ3n) is 4.94. The fourth-order valence-electron chi connectivity index (χ4n) is 3.28. The van der Waals surface area contributed by atoms with Crippen molar-refractivity contribution in [3.8, 4) is 5.75 Å². The minimum Gasteiger partial charge on any atom is -0.484 e. The molecule has 0 radical (unpaired) electrons. The summed E-state index contributed by atoms with van der Waals surface area (Å²) in [7, 11) is 0. The Hall–Kier alpha value is -3.03. The molecule has 0 aliphatic rings. The number of aryl methyl sites for hydroxylation is 1. The lowest BCUT2D eigenvalue weighted by atomic mass is 10.2. The molecule has 0 spiro atoms. The van der Waals surface area contributed by atoms with Crippen molar-refractivity contribution in [1.29, 1.82) is 0 Å². The molecule has 4 rings (SSSR count). The Morgan fingerprint density at radius 3 is 2.69 bits per heavy atom. The second-order valence-electron chi connectivity index (χ2n) is 7.27. The summed E-state index contributed by atoms with van der Waals surface area (Å²) in [6.45, 7) is 4.58. The van der Waals surface area contributed by atoms with Crippen molar-refractivity contribution in [3.63, 3.8) is 0 Å². The molecule has 32 heavy (non-hydrogen) atoms. The topological polar surface area (TPSA) is 69.3 Å². The highest BCUT2D eigenvalue weighted by Crippen LogP contribution is 2.28. The highest BCUT2D eigenvalue weighted by Gasteiger charge is 2.18. The Bertz CT molecular complexity index is 1250. The van der Waals surface area contributed by atoms with Crippen molar-refractivity contribution in [2.24, 2.45) is 0 Å². The molecule has 0 atom stereocenters. The molecule has 0 aliphatic carbocycles. The average Bonchev–Trinajstić information content (AvgIpc) is 3.34. The van der Waals surface area contributed by atoms with E-state index in [0.717, 1.165) is 21.4 Å². The molecule has 164 valence electrons. The smallest absolute Gasteiger partial charge is 0.291 e. The number of hydrogen-bond acceptors (Lipinski definition) is 4. The standard InChI is InChI=1S/C24H21BrClN3O3/c1-15-23(16(2)29(28-15)13-17-6-4-3-5-7-17)27-24(30)22-11-9-19(32-22)14-31-21-10-8-18(25)12-20(21)26/h3-12H,13-14H2,1-2H3,(H,27,30). The van der Waals surface area contributed by atoms with Gasteiger partial charge in [-0.15, -0.1) is 0 Å². The average molecular weight is 515 g/mol. The van der Waals surface area contributed by atoms with E-state index in [4.69, 9.17) is 20.8 Å². The van der Waals surface area contributed by atoms with Crippen LogP contribution in [-0.2, 0) is 13.2 Å². The lowest BCUT2D eigenvalue weighted by Gasteiger charge is -2.07. The first-order valence-corrected chi connectivity index (χ1v) is 11.1. The number of ether oxygens (including phenoxy) is 1. The van der Waals surface area contributed by atoms with Gasteiger partial charge in [-0.05, 0) is 49.7 Å². The first-order valence-electron chi connectivity index (χ1n) is 9.96. The van der Waals surface area contributed by atoms with E-state index < -0.39 is 0 Å². The van der Waals surface area contributed by atoms with Gasteiger partial charge in [-0.3, -0.25) is 9.48 Å². The number of benzene rings is 2. The van der Waals surface area contributed by atoms with Gasteiger partial charge in [-0.25, -0.2) is 0 Å². The largest absolute Gasteiger partial charge is 0.484 e. The zero-order valence-corrected chi connectivity index (χ0v) is 19.9. The van der Waals surface area contributed by atoms with Gasteiger partial charge in [0.05, 0.1) is 28.6 Å². The number of hydrogen-bond donors (Lipinski definition) is 1. The summed E-state index contributed by atoms with van der Waals surface area (Å²) in [6, 6.07) is 18.7. The van der Waals surface area contributed by atoms with Crippen molar-refractivity contribution >= 4 is 39.1 Å². The van der Waals surface area contributed by atoms with E-state index in [9.17, 15) is 4.79 Å². The van der Waals surface area contributed by atoms with Crippen LogP contribution in [0.2, 0.25) is 5.02 Å². The molecule has 2 aromatic heterocycles. The molecule has 4 aromatic rings. The second kappa shape index (κ2) is 9.63. The van der Waals surface area contributed by atoms with Crippen LogP contribution in [0.15, 0.2) is 69.6 Å². The van der Waals surface area contributed by atoms with Crippen LogP contribution in [0.3, 0.4) is 0 Å². The molecule has 0 fully saturated rings. The summed E-state index contributed by atoms with van der Waals surface area (Å²) in [5.74, 6) is 0.903. The number of amides is 1. The van der Waals surface area contributed by atoms with Crippen LogP contribution < -0.4 is 10.1 Å². The van der Waals surface area contributed by atoms with E-state index in [1.165, 1.54) is 0 Å². The van der Waals surface area contributed by atoms with Gasteiger partial charge in [0.2, 0.25) is 0 Å². The van der Waals surface area contributed by atoms with Gasteiger partial charge in [0, 0.05) is 4.47 Å². The number of anilines is 1. The first kappa shape index (κ1) is 22.2. The van der Waals surface area contributed by atoms with Crippen LogP contribution in [0, 0.1) is 13.8 Å². The molecule has 2 heterocycles. The molecule has 0 saturated heterocycles. The van der Waals surface area contributed by atoms with Crippen LogP contribution in [0.5, 0.6) is 5.75 Å². The van der Waals surface area contributed by atoms with Gasteiger partial charge >= 0.3 is 0 Å². The molecule has 8 heteroatoms. The van der Waals surface area contributed by atoms with Gasteiger partial charge in [0.15, 0.2) is 5.76 Å². The number of carbonyl (C=O) groups excluding carboxylic acids is 1. The fraction of sp³-hybridized carbons (Fsp3) is 0.167.